The smallest absolute Gasteiger partial charge is 0.253 e. The topological polar surface area (TPSA) is 105 Å². The van der Waals surface area contributed by atoms with Gasteiger partial charge < -0.3 is 19.0 Å². The van der Waals surface area contributed by atoms with Crippen LogP contribution in [0, 0.1) is 5.82 Å². The van der Waals surface area contributed by atoms with E-state index in [0.717, 1.165) is 22.3 Å². The van der Waals surface area contributed by atoms with Crippen molar-refractivity contribution in [2.24, 2.45) is 0 Å². The van der Waals surface area contributed by atoms with Crippen molar-refractivity contribution < 1.29 is 13.5 Å². The van der Waals surface area contributed by atoms with E-state index >= 15 is 0 Å². The van der Waals surface area contributed by atoms with Gasteiger partial charge in [-0.25, -0.2) is 9.07 Å². The number of benzene rings is 2. The molecule has 0 aliphatic carbocycles. The molecule has 200 valence electrons. The summed E-state index contributed by atoms with van der Waals surface area (Å²) in [5, 5.41) is 13.4. The highest BCUT2D eigenvalue weighted by molar-refractivity contribution is 5.80. The summed E-state index contributed by atoms with van der Waals surface area (Å²) in [7, 11) is 0. The third-order valence-corrected chi connectivity index (χ3v) is 7.01. The number of furan rings is 1. The Kier molecular flexibility index (Phi) is 6.80. The molecular weight excluding hydrogens is 501 g/mol. The maximum absolute atomic E-state index is 13.5. The molecule has 39 heavy (non-hydrogen) atoms. The largest absolute Gasteiger partial charge is 0.494 e. The van der Waals surface area contributed by atoms with Crippen molar-refractivity contribution in [1.82, 2.24) is 30.1 Å². The van der Waals surface area contributed by atoms with E-state index in [9.17, 15) is 9.18 Å². The molecule has 1 fully saturated rings. The van der Waals surface area contributed by atoms with E-state index in [1.807, 2.05) is 43.3 Å². The summed E-state index contributed by atoms with van der Waals surface area (Å²) in [4.78, 5) is 21.0. The standard InChI is InChI=1S/C28H28FN7O3/c1-2-38-22-9-10-25-19(16-22)17-24(28(37)30-25)26(27-31-32-33-36(27)18-23-4-3-15-39-23)35-13-11-34(12-14-35)21-7-5-20(29)6-8-21/h3-10,15-17,26H,2,11-14,18H2,1H3,(H,30,37)/t26-/m1/s1. The highest BCUT2D eigenvalue weighted by atomic mass is 19.1. The Morgan fingerprint density at radius 3 is 2.64 bits per heavy atom. The first kappa shape index (κ1) is 24.8. The van der Waals surface area contributed by atoms with Gasteiger partial charge in [0, 0.05) is 48.3 Å². The van der Waals surface area contributed by atoms with Gasteiger partial charge in [0.1, 0.15) is 29.9 Å². The lowest BCUT2D eigenvalue weighted by atomic mass is 10.0. The lowest BCUT2D eigenvalue weighted by Gasteiger charge is -2.39. The van der Waals surface area contributed by atoms with Gasteiger partial charge in [-0.3, -0.25) is 9.69 Å². The molecule has 3 aromatic heterocycles. The summed E-state index contributed by atoms with van der Waals surface area (Å²) in [6, 6.07) is 17.2. The zero-order chi connectivity index (χ0) is 26.8. The van der Waals surface area contributed by atoms with Gasteiger partial charge in [-0.15, -0.1) is 5.10 Å². The Morgan fingerprint density at radius 1 is 1.08 bits per heavy atom. The van der Waals surface area contributed by atoms with Crippen molar-refractivity contribution in [1.29, 1.82) is 0 Å². The molecule has 0 radical (unpaired) electrons. The van der Waals surface area contributed by atoms with E-state index in [1.54, 1.807) is 23.1 Å². The molecule has 6 rings (SSSR count). The molecule has 10 nitrogen and oxygen atoms in total. The number of fused-ring (bicyclic) bond motifs is 1. The van der Waals surface area contributed by atoms with Crippen LogP contribution in [0.4, 0.5) is 10.1 Å². The second-order valence-electron chi connectivity index (χ2n) is 9.41. The molecule has 2 aromatic carbocycles. The summed E-state index contributed by atoms with van der Waals surface area (Å²) < 4.78 is 26.4. The lowest BCUT2D eigenvalue weighted by molar-refractivity contribution is 0.200. The molecule has 1 saturated heterocycles. The fourth-order valence-corrected chi connectivity index (χ4v) is 5.12. The minimum atomic E-state index is -0.505. The molecule has 0 saturated carbocycles. The van der Waals surface area contributed by atoms with Crippen LogP contribution in [-0.2, 0) is 6.54 Å². The number of ether oxygens (including phenoxy) is 1. The van der Waals surface area contributed by atoms with E-state index < -0.39 is 6.04 Å². The van der Waals surface area contributed by atoms with Crippen LogP contribution >= 0.6 is 0 Å². The van der Waals surface area contributed by atoms with Crippen LogP contribution < -0.4 is 15.2 Å². The van der Waals surface area contributed by atoms with Crippen molar-refractivity contribution >= 4 is 16.6 Å². The number of anilines is 1. The van der Waals surface area contributed by atoms with Crippen LogP contribution in [0.25, 0.3) is 10.9 Å². The second-order valence-corrected chi connectivity index (χ2v) is 9.41. The van der Waals surface area contributed by atoms with Gasteiger partial charge in [-0.2, -0.15) is 0 Å². The van der Waals surface area contributed by atoms with Gasteiger partial charge in [0.25, 0.3) is 5.56 Å². The van der Waals surface area contributed by atoms with Crippen molar-refractivity contribution in [2.45, 2.75) is 19.5 Å². The number of rotatable bonds is 8. The maximum Gasteiger partial charge on any atom is 0.253 e. The van der Waals surface area contributed by atoms with Crippen molar-refractivity contribution in [2.75, 3.05) is 37.7 Å². The fourth-order valence-electron chi connectivity index (χ4n) is 5.12. The second kappa shape index (κ2) is 10.7. The maximum atomic E-state index is 13.5. The van der Waals surface area contributed by atoms with Crippen LogP contribution in [-0.4, -0.2) is 62.9 Å². The average molecular weight is 530 g/mol. The monoisotopic (exact) mass is 529 g/mol. The number of pyridine rings is 1. The van der Waals surface area contributed by atoms with Crippen molar-refractivity contribution in [3.63, 3.8) is 0 Å². The summed E-state index contributed by atoms with van der Waals surface area (Å²) in [5.74, 6) is 1.73. The number of nitrogens with zero attached hydrogens (tertiary/aromatic N) is 6. The fraction of sp³-hybridized carbons (Fsp3) is 0.286. The number of aromatic nitrogens is 5. The molecule has 1 aliphatic heterocycles. The van der Waals surface area contributed by atoms with E-state index in [4.69, 9.17) is 9.15 Å². The van der Waals surface area contributed by atoms with Gasteiger partial charge in [-0.05, 0) is 78.0 Å². The quantitative estimate of drug-likeness (QED) is 0.325. The minimum Gasteiger partial charge on any atom is -0.494 e. The molecule has 1 N–H and O–H groups in total. The number of hydrogen-bond acceptors (Lipinski definition) is 8. The third kappa shape index (κ3) is 5.13. The van der Waals surface area contributed by atoms with Gasteiger partial charge in [0.05, 0.1) is 12.9 Å². The van der Waals surface area contributed by atoms with E-state index in [0.29, 0.717) is 56.5 Å². The Hall–Kier alpha value is -4.51. The lowest BCUT2D eigenvalue weighted by Crippen LogP contribution is -2.49. The van der Waals surface area contributed by atoms with Crippen LogP contribution in [0.5, 0.6) is 5.75 Å². The van der Waals surface area contributed by atoms with E-state index in [-0.39, 0.29) is 11.4 Å². The van der Waals surface area contributed by atoms with Gasteiger partial charge in [0.15, 0.2) is 5.82 Å². The summed E-state index contributed by atoms with van der Waals surface area (Å²) >= 11 is 0. The normalized spacial score (nSPS) is 15.1. The number of halogens is 1. The summed E-state index contributed by atoms with van der Waals surface area (Å²) in [6.07, 6.45) is 1.61. The molecule has 5 aromatic rings. The minimum absolute atomic E-state index is 0.204. The molecule has 0 bridgehead atoms. The van der Waals surface area contributed by atoms with E-state index in [1.165, 1.54) is 12.1 Å². The average Bonchev–Trinajstić information content (AvgIpc) is 3.63. The van der Waals surface area contributed by atoms with E-state index in [2.05, 4.69) is 30.3 Å². The first-order chi connectivity index (χ1) is 19.1. The van der Waals surface area contributed by atoms with Gasteiger partial charge >= 0.3 is 0 Å². The first-order valence-corrected chi connectivity index (χ1v) is 12.9. The molecular formula is C28H28FN7O3. The molecule has 0 amide bonds. The van der Waals surface area contributed by atoms with Crippen LogP contribution in [0.15, 0.2) is 76.1 Å². The molecule has 1 atom stereocenters. The Bertz CT molecular complexity index is 1610. The Labute approximate surface area is 223 Å². The first-order valence-electron chi connectivity index (χ1n) is 12.9. The Balaban J connectivity index is 1.38. The SMILES string of the molecule is CCOc1ccc2[nH]c(=O)c([C@H](c3nnnn3Cc3ccco3)N3CCN(c4ccc(F)cc4)CC3)cc2c1. The predicted molar refractivity (Wildman–Crippen MR) is 143 cm³/mol. The number of H-pyrrole nitrogens is 1. The van der Waals surface area contributed by atoms with Crippen molar-refractivity contribution in [3.05, 3.63) is 100 Å². The Morgan fingerprint density at radius 2 is 1.90 bits per heavy atom. The zero-order valence-corrected chi connectivity index (χ0v) is 21.5. The number of piperazine rings is 1. The predicted octanol–water partition coefficient (Wildman–Crippen LogP) is 3.61. The molecule has 4 heterocycles. The number of nitrogens with one attached hydrogen (secondary N) is 1. The third-order valence-electron chi connectivity index (χ3n) is 7.01. The molecule has 11 heteroatoms. The summed E-state index contributed by atoms with van der Waals surface area (Å²) in [6.45, 7) is 5.50. The van der Waals surface area contributed by atoms with Gasteiger partial charge in [0.2, 0.25) is 0 Å². The van der Waals surface area contributed by atoms with Crippen LogP contribution in [0.1, 0.15) is 30.1 Å². The highest BCUT2D eigenvalue weighted by Crippen LogP contribution is 2.30. The molecule has 1 aliphatic rings. The number of hydrogen-bond donors (Lipinski definition) is 1. The van der Waals surface area contributed by atoms with Crippen LogP contribution in [0.2, 0.25) is 0 Å². The number of tetrazole rings is 1. The van der Waals surface area contributed by atoms with Crippen molar-refractivity contribution in [3.8, 4) is 5.75 Å². The molecule has 0 unspecified atom stereocenters. The summed E-state index contributed by atoms with van der Waals surface area (Å²) in [5.41, 5.74) is 2.02. The highest BCUT2D eigenvalue weighted by Gasteiger charge is 2.33. The van der Waals surface area contributed by atoms with Crippen LogP contribution in [0.3, 0.4) is 0 Å². The number of aromatic amines is 1. The van der Waals surface area contributed by atoms with Gasteiger partial charge in [-0.1, -0.05) is 0 Å². The molecule has 0 spiro atoms. The zero-order valence-electron chi connectivity index (χ0n) is 21.5.